The van der Waals surface area contributed by atoms with Crippen LogP contribution in [0.1, 0.15) is 0 Å². The van der Waals surface area contributed by atoms with Gasteiger partial charge in [0, 0.05) is 0 Å². The van der Waals surface area contributed by atoms with Crippen molar-refractivity contribution in [1.82, 2.24) is 0 Å². The van der Waals surface area contributed by atoms with Gasteiger partial charge in [0.15, 0.2) is 0 Å². The van der Waals surface area contributed by atoms with Gasteiger partial charge in [-0.2, -0.15) is 74.6 Å². The monoisotopic (exact) mass is 466 g/mol. The van der Waals surface area contributed by atoms with Gasteiger partial charge in [-0.25, -0.2) is 4.39 Å². The molecular formula is C9F18O. The van der Waals surface area contributed by atoms with Crippen LogP contribution in [0.4, 0.5) is 79.0 Å². The Balaban J connectivity index is 6.76. The summed E-state index contributed by atoms with van der Waals surface area (Å²) in [5.41, 5.74) is -8.35. The third kappa shape index (κ3) is 3.22. The van der Waals surface area contributed by atoms with Crippen molar-refractivity contribution in [3.05, 3.63) is 0 Å². The fraction of sp³-hybridized carbons (Fsp3) is 0.889. The molecule has 0 aliphatic heterocycles. The van der Waals surface area contributed by atoms with Crippen LogP contribution in [0.5, 0.6) is 0 Å². The SMILES string of the molecule is O=C(C(F)(F)C(F)(F)C(F)(F)C(F)(F)F)C(F)(F)C(F)(C(F)(F)F)C(F)(F)F. The van der Waals surface area contributed by atoms with E-state index in [-0.39, 0.29) is 0 Å². The van der Waals surface area contributed by atoms with E-state index >= 15 is 0 Å². The maximum atomic E-state index is 13.1. The molecule has 0 saturated heterocycles. The molecule has 0 aromatic heterocycles. The summed E-state index contributed by atoms with van der Waals surface area (Å²) in [5.74, 6) is -38.9. The number of hydrogen-bond donors (Lipinski definition) is 0. The molecule has 0 aromatic rings. The standard InChI is InChI=1S/C9F18O/c10-2(11,4(14,7(19,20)21)8(22,23)24)1(28)3(12,13)5(15,16)6(17,18)9(25,26)27. The Labute approximate surface area is 139 Å². The molecule has 0 aliphatic carbocycles. The van der Waals surface area contributed by atoms with Gasteiger partial charge in [-0.15, -0.1) is 0 Å². The van der Waals surface area contributed by atoms with Crippen LogP contribution in [0.25, 0.3) is 0 Å². The number of ketones is 1. The highest BCUT2D eigenvalue weighted by Crippen LogP contribution is 2.59. The molecule has 0 amide bonds. The molecule has 0 spiro atoms. The van der Waals surface area contributed by atoms with Gasteiger partial charge in [-0.05, 0) is 0 Å². The van der Waals surface area contributed by atoms with Crippen molar-refractivity contribution in [3.63, 3.8) is 0 Å². The van der Waals surface area contributed by atoms with Crippen molar-refractivity contribution in [2.75, 3.05) is 0 Å². The molecule has 0 aliphatic rings. The van der Waals surface area contributed by atoms with Crippen LogP contribution in [-0.4, -0.2) is 53.7 Å². The molecule has 0 heterocycles. The molecule has 0 rings (SSSR count). The first-order valence-electron chi connectivity index (χ1n) is 5.61. The molecule has 19 heteroatoms. The van der Waals surface area contributed by atoms with Crippen LogP contribution < -0.4 is 0 Å². The lowest BCUT2D eigenvalue weighted by atomic mass is 9.86. The highest BCUT2D eigenvalue weighted by Gasteiger charge is 2.92. The zero-order valence-electron chi connectivity index (χ0n) is 11.7. The number of carbonyl (C=O) groups excluding carboxylic acids is 1. The number of hydrogen-bond acceptors (Lipinski definition) is 1. The summed E-state index contributed by atoms with van der Waals surface area (Å²) < 4.78 is 223. The summed E-state index contributed by atoms with van der Waals surface area (Å²) in [4.78, 5) is 10.5. The van der Waals surface area contributed by atoms with Gasteiger partial charge in [-0.3, -0.25) is 4.79 Å². The normalized spacial score (nSPS) is 16.4. The zero-order chi connectivity index (χ0) is 23.6. The third-order valence-corrected chi connectivity index (χ3v) is 2.93. The van der Waals surface area contributed by atoms with E-state index in [1.165, 1.54) is 0 Å². The molecule has 0 N–H and O–H groups in total. The lowest BCUT2D eigenvalue weighted by Gasteiger charge is -2.38. The molecule has 168 valence electrons. The molecule has 28 heavy (non-hydrogen) atoms. The summed E-state index contributed by atoms with van der Waals surface area (Å²) in [5, 5.41) is 0. The van der Waals surface area contributed by atoms with Gasteiger partial charge in [0.25, 0.3) is 5.78 Å². The Kier molecular flexibility index (Phi) is 5.85. The Bertz CT molecular complexity index is 588. The fourth-order valence-corrected chi connectivity index (χ4v) is 1.39. The van der Waals surface area contributed by atoms with Gasteiger partial charge >= 0.3 is 47.9 Å². The zero-order valence-corrected chi connectivity index (χ0v) is 11.7. The van der Waals surface area contributed by atoms with Crippen molar-refractivity contribution in [1.29, 1.82) is 0 Å². The molecule has 0 radical (unpaired) electrons. The molecule has 1 nitrogen and oxygen atoms in total. The minimum atomic E-state index is -8.35. The smallest absolute Gasteiger partial charge is 0.286 e. The van der Waals surface area contributed by atoms with Crippen molar-refractivity contribution < 1.29 is 83.8 Å². The van der Waals surface area contributed by atoms with Crippen molar-refractivity contribution >= 4 is 5.78 Å². The third-order valence-electron chi connectivity index (χ3n) is 2.93. The largest absolute Gasteiger partial charge is 0.460 e. The maximum Gasteiger partial charge on any atom is 0.460 e. The second-order valence-corrected chi connectivity index (χ2v) is 4.78. The van der Waals surface area contributed by atoms with Crippen LogP contribution >= 0.6 is 0 Å². The van der Waals surface area contributed by atoms with E-state index in [4.69, 9.17) is 0 Å². The fourth-order valence-electron chi connectivity index (χ4n) is 1.39. The summed E-state index contributed by atoms with van der Waals surface area (Å²) in [6, 6.07) is 0. The van der Waals surface area contributed by atoms with Crippen LogP contribution in [0.2, 0.25) is 0 Å². The number of Topliss-reactive ketones (excluding diaryl/α,β-unsaturated/α-hetero) is 1. The van der Waals surface area contributed by atoms with E-state index in [0.29, 0.717) is 0 Å². The van der Waals surface area contributed by atoms with Crippen molar-refractivity contribution in [2.45, 2.75) is 47.9 Å². The summed E-state index contributed by atoms with van der Waals surface area (Å²) in [6.07, 6.45) is -23.8. The first-order valence-corrected chi connectivity index (χ1v) is 5.61. The van der Waals surface area contributed by atoms with Gasteiger partial charge in [0.05, 0.1) is 0 Å². The maximum absolute atomic E-state index is 13.1. The van der Waals surface area contributed by atoms with Crippen LogP contribution in [-0.2, 0) is 4.79 Å². The van der Waals surface area contributed by atoms with Gasteiger partial charge in [0.1, 0.15) is 0 Å². The highest BCUT2D eigenvalue weighted by molar-refractivity contribution is 5.94. The van der Waals surface area contributed by atoms with E-state index < -0.39 is 53.7 Å². The molecule has 0 fully saturated rings. The van der Waals surface area contributed by atoms with Gasteiger partial charge in [0.2, 0.25) is 0 Å². The molecule has 0 aromatic carbocycles. The Hall–Kier alpha value is -1.59. The average Bonchev–Trinajstić information content (AvgIpc) is 2.40. The van der Waals surface area contributed by atoms with E-state index in [1.807, 2.05) is 0 Å². The highest BCUT2D eigenvalue weighted by atomic mass is 19.4. The minimum absolute atomic E-state index is 5.83. The topological polar surface area (TPSA) is 17.1 Å². The quantitative estimate of drug-likeness (QED) is 0.490. The van der Waals surface area contributed by atoms with E-state index in [0.717, 1.165) is 0 Å². The summed E-state index contributed by atoms with van der Waals surface area (Å²) in [7, 11) is 0. The Morgan fingerprint density at radius 2 is 0.679 bits per heavy atom. The van der Waals surface area contributed by atoms with Gasteiger partial charge in [-0.1, -0.05) is 0 Å². The van der Waals surface area contributed by atoms with Crippen LogP contribution in [0.3, 0.4) is 0 Å². The molecular weight excluding hydrogens is 466 g/mol. The Morgan fingerprint density at radius 1 is 0.393 bits per heavy atom. The van der Waals surface area contributed by atoms with Gasteiger partial charge < -0.3 is 0 Å². The molecule has 0 unspecified atom stereocenters. The summed E-state index contributed by atoms with van der Waals surface area (Å²) in [6.45, 7) is 0. The number of rotatable bonds is 5. The second kappa shape index (κ2) is 6.20. The van der Waals surface area contributed by atoms with E-state index in [2.05, 4.69) is 0 Å². The predicted molar refractivity (Wildman–Crippen MR) is 46.8 cm³/mol. The minimum Gasteiger partial charge on any atom is -0.286 e. The van der Waals surface area contributed by atoms with Crippen molar-refractivity contribution in [3.8, 4) is 0 Å². The molecule has 0 saturated carbocycles. The number of halogens is 18. The lowest BCUT2D eigenvalue weighted by molar-refractivity contribution is -0.403. The lowest BCUT2D eigenvalue weighted by Crippen LogP contribution is -2.73. The first kappa shape index (κ1) is 26.4. The van der Waals surface area contributed by atoms with Crippen molar-refractivity contribution in [2.24, 2.45) is 0 Å². The van der Waals surface area contributed by atoms with E-state index in [9.17, 15) is 83.8 Å². The average molecular weight is 466 g/mol. The van der Waals surface area contributed by atoms with Crippen LogP contribution in [0, 0.1) is 0 Å². The second-order valence-electron chi connectivity index (χ2n) is 4.78. The molecule has 0 bridgehead atoms. The first-order chi connectivity index (χ1) is 11.7. The summed E-state index contributed by atoms with van der Waals surface area (Å²) >= 11 is 0. The Morgan fingerprint density at radius 3 is 0.893 bits per heavy atom. The van der Waals surface area contributed by atoms with E-state index in [1.54, 1.807) is 0 Å². The predicted octanol–water partition coefficient (Wildman–Crippen LogP) is 5.49. The number of carbonyl (C=O) groups is 1. The van der Waals surface area contributed by atoms with Crippen LogP contribution in [0.15, 0.2) is 0 Å². The number of alkyl halides is 18. The molecule has 0 atom stereocenters.